The molecule has 5 heteroatoms. The van der Waals surface area contributed by atoms with Crippen molar-refractivity contribution in [2.45, 2.75) is 0 Å². The molecule has 80 valence electrons. The van der Waals surface area contributed by atoms with Crippen LogP contribution in [0, 0.1) is 0 Å². The largest absolute Gasteiger partial charge is 0.282 e. The summed E-state index contributed by atoms with van der Waals surface area (Å²) < 4.78 is 24.5. The minimum atomic E-state index is -3.31. The van der Waals surface area contributed by atoms with Crippen molar-refractivity contribution in [1.82, 2.24) is 0 Å². The summed E-state index contributed by atoms with van der Waals surface area (Å²) in [6.07, 6.45) is 2.68. The molecule has 0 spiro atoms. The van der Waals surface area contributed by atoms with Gasteiger partial charge in [0.1, 0.15) is 0 Å². The van der Waals surface area contributed by atoms with E-state index in [0.29, 0.717) is 11.4 Å². The van der Waals surface area contributed by atoms with Crippen LogP contribution in [0.3, 0.4) is 0 Å². The molecule has 1 rings (SSSR count). The molecule has 0 aliphatic rings. The molecule has 0 unspecified atom stereocenters. The predicted octanol–water partition coefficient (Wildman–Crippen LogP) is 2.03. The van der Waals surface area contributed by atoms with Gasteiger partial charge < -0.3 is 0 Å². The van der Waals surface area contributed by atoms with Crippen molar-refractivity contribution in [2.75, 3.05) is 11.0 Å². The summed E-state index contributed by atoms with van der Waals surface area (Å²) in [5.74, 6) is 0. The molecule has 15 heavy (non-hydrogen) atoms. The summed E-state index contributed by atoms with van der Waals surface area (Å²) in [5, 5.41) is 0. The second kappa shape index (κ2) is 4.27. The molecule has 0 radical (unpaired) electrons. The van der Waals surface area contributed by atoms with Gasteiger partial charge in [0, 0.05) is 5.56 Å². The van der Waals surface area contributed by atoms with E-state index in [1.165, 1.54) is 0 Å². The van der Waals surface area contributed by atoms with Crippen molar-refractivity contribution in [3.63, 3.8) is 0 Å². The zero-order valence-electron chi connectivity index (χ0n) is 8.40. The normalized spacial score (nSPS) is 10.7. The van der Waals surface area contributed by atoms with E-state index >= 15 is 0 Å². The van der Waals surface area contributed by atoms with E-state index in [4.69, 9.17) is 0 Å². The highest BCUT2D eigenvalue weighted by atomic mass is 32.2. The monoisotopic (exact) mass is 224 g/mol. The first-order chi connectivity index (χ1) is 6.98. The lowest BCUT2D eigenvalue weighted by Gasteiger charge is -2.09. The topological polar surface area (TPSA) is 58.5 Å². The van der Waals surface area contributed by atoms with Gasteiger partial charge in [0.2, 0.25) is 10.0 Å². The molecule has 0 saturated carbocycles. The molecule has 0 aromatic heterocycles. The second-order valence-electron chi connectivity index (χ2n) is 2.98. The van der Waals surface area contributed by atoms with Gasteiger partial charge >= 0.3 is 0 Å². The fourth-order valence-electron chi connectivity index (χ4n) is 1.18. The molecule has 0 aliphatic heterocycles. The lowest BCUT2D eigenvalue weighted by molar-refractivity contribution is 0.607. The molecule has 0 aliphatic carbocycles. The summed E-state index contributed by atoms with van der Waals surface area (Å²) in [6, 6.07) is 5.13. The Kier molecular flexibility index (Phi) is 3.26. The van der Waals surface area contributed by atoms with E-state index in [0.717, 1.165) is 11.8 Å². The Balaban J connectivity index is 3.29. The molecule has 0 fully saturated rings. The number of rotatable bonds is 4. The van der Waals surface area contributed by atoms with Gasteiger partial charge in [0.25, 0.3) is 0 Å². The Bertz CT molecular complexity index is 492. The quantitative estimate of drug-likeness (QED) is 0.795. The molecule has 0 heterocycles. The first-order valence-corrected chi connectivity index (χ1v) is 6.07. The minimum Gasteiger partial charge on any atom is -0.282 e. The average Bonchev–Trinajstić information content (AvgIpc) is 2.15. The molecule has 1 aromatic carbocycles. The maximum absolute atomic E-state index is 11.1. The number of nitrogens with one attached hydrogen (secondary N) is 1. The standard InChI is InChI=1S/C10H12N2O2S/c1-4-8-6-5-7-9(10(8)11-2)12-15(3,13)14/h4-7,12H,1-2H2,3H3. The molecule has 0 atom stereocenters. The van der Waals surface area contributed by atoms with E-state index in [1.807, 2.05) is 0 Å². The van der Waals surface area contributed by atoms with E-state index in [9.17, 15) is 8.42 Å². The van der Waals surface area contributed by atoms with Crippen LogP contribution in [0.4, 0.5) is 11.4 Å². The van der Waals surface area contributed by atoms with Crippen LogP contribution < -0.4 is 4.72 Å². The fraction of sp³-hybridized carbons (Fsp3) is 0.100. The highest BCUT2D eigenvalue weighted by Gasteiger charge is 2.08. The number of hydrogen-bond donors (Lipinski definition) is 1. The maximum atomic E-state index is 11.1. The summed E-state index contributed by atoms with van der Waals surface area (Å²) in [7, 11) is -3.31. The lowest BCUT2D eigenvalue weighted by Crippen LogP contribution is -2.09. The van der Waals surface area contributed by atoms with Crippen LogP contribution in [0.5, 0.6) is 0 Å². The third-order valence-electron chi connectivity index (χ3n) is 1.74. The number of nitrogens with zero attached hydrogens (tertiary/aromatic N) is 1. The summed E-state index contributed by atoms with van der Waals surface area (Å²) in [6.45, 7) is 7.01. The molecular formula is C10H12N2O2S. The van der Waals surface area contributed by atoms with Gasteiger partial charge in [0.15, 0.2) is 0 Å². The van der Waals surface area contributed by atoms with Crippen LogP contribution >= 0.6 is 0 Å². The van der Waals surface area contributed by atoms with Crippen molar-refractivity contribution >= 4 is 34.2 Å². The third kappa shape index (κ3) is 2.92. The molecule has 1 aromatic rings. The van der Waals surface area contributed by atoms with Crippen molar-refractivity contribution in [2.24, 2.45) is 4.99 Å². The van der Waals surface area contributed by atoms with Crippen LogP contribution in [0.1, 0.15) is 5.56 Å². The van der Waals surface area contributed by atoms with Crippen molar-refractivity contribution in [3.05, 3.63) is 30.3 Å². The molecule has 0 bridgehead atoms. The Labute approximate surface area is 89.4 Å². The van der Waals surface area contributed by atoms with Gasteiger partial charge in [-0.2, -0.15) is 0 Å². The van der Waals surface area contributed by atoms with Gasteiger partial charge in [-0.1, -0.05) is 24.8 Å². The number of aliphatic imine (C=N–C) groups is 1. The zero-order chi connectivity index (χ0) is 11.5. The smallest absolute Gasteiger partial charge is 0.229 e. The van der Waals surface area contributed by atoms with Crippen LogP contribution in [0.25, 0.3) is 6.08 Å². The summed E-state index contributed by atoms with van der Waals surface area (Å²) in [5.41, 5.74) is 1.63. The van der Waals surface area contributed by atoms with Gasteiger partial charge in [-0.15, -0.1) is 0 Å². The minimum absolute atomic E-state index is 0.407. The highest BCUT2D eigenvalue weighted by Crippen LogP contribution is 2.30. The van der Waals surface area contributed by atoms with Gasteiger partial charge in [-0.3, -0.25) is 9.71 Å². The lowest BCUT2D eigenvalue weighted by atomic mass is 10.1. The Hall–Kier alpha value is -1.62. The first kappa shape index (κ1) is 11.5. The Morgan fingerprint density at radius 2 is 2.13 bits per heavy atom. The van der Waals surface area contributed by atoms with Crippen LogP contribution in [-0.2, 0) is 10.0 Å². The van der Waals surface area contributed by atoms with Gasteiger partial charge in [0.05, 0.1) is 17.6 Å². The van der Waals surface area contributed by atoms with Gasteiger partial charge in [-0.25, -0.2) is 8.42 Å². The number of benzene rings is 1. The molecule has 0 saturated heterocycles. The fourth-order valence-corrected chi connectivity index (χ4v) is 1.75. The van der Waals surface area contributed by atoms with Crippen molar-refractivity contribution in [1.29, 1.82) is 0 Å². The van der Waals surface area contributed by atoms with E-state index < -0.39 is 10.0 Å². The molecule has 4 nitrogen and oxygen atoms in total. The number of anilines is 1. The number of hydrogen-bond acceptors (Lipinski definition) is 3. The summed E-state index contributed by atoms with van der Waals surface area (Å²) >= 11 is 0. The molecule has 1 N–H and O–H groups in total. The third-order valence-corrected chi connectivity index (χ3v) is 2.33. The molecule has 0 amide bonds. The number of para-hydroxylation sites is 1. The molecular weight excluding hydrogens is 212 g/mol. The van der Waals surface area contributed by atoms with Crippen LogP contribution in [0.15, 0.2) is 29.8 Å². The number of sulfonamides is 1. The predicted molar refractivity (Wildman–Crippen MR) is 64.2 cm³/mol. The highest BCUT2D eigenvalue weighted by molar-refractivity contribution is 7.92. The van der Waals surface area contributed by atoms with Crippen LogP contribution in [0.2, 0.25) is 0 Å². The zero-order valence-corrected chi connectivity index (χ0v) is 9.21. The maximum Gasteiger partial charge on any atom is 0.229 e. The van der Waals surface area contributed by atoms with E-state index in [1.54, 1.807) is 24.3 Å². The Morgan fingerprint density at radius 1 is 1.47 bits per heavy atom. The first-order valence-electron chi connectivity index (χ1n) is 4.18. The average molecular weight is 224 g/mol. The van der Waals surface area contributed by atoms with Crippen LogP contribution in [-0.4, -0.2) is 21.4 Å². The van der Waals surface area contributed by atoms with Crippen molar-refractivity contribution in [3.8, 4) is 0 Å². The van der Waals surface area contributed by atoms with E-state index in [-0.39, 0.29) is 0 Å². The van der Waals surface area contributed by atoms with E-state index in [2.05, 4.69) is 23.0 Å². The van der Waals surface area contributed by atoms with Crippen molar-refractivity contribution < 1.29 is 8.42 Å². The Morgan fingerprint density at radius 3 is 2.60 bits per heavy atom. The second-order valence-corrected chi connectivity index (χ2v) is 4.73. The SMILES string of the molecule is C=Cc1cccc(NS(C)(=O)=O)c1N=C. The van der Waals surface area contributed by atoms with Gasteiger partial charge in [-0.05, 0) is 12.8 Å². The summed E-state index contributed by atoms with van der Waals surface area (Å²) in [4.78, 5) is 3.78.